The van der Waals surface area contributed by atoms with Crippen molar-refractivity contribution in [3.05, 3.63) is 27.6 Å². The molecule has 0 aliphatic carbocycles. The molecule has 0 fully saturated rings. The molecule has 0 spiro atoms. The monoisotopic (exact) mass is 299 g/mol. The first-order valence-electron chi connectivity index (χ1n) is 2.99. The van der Waals surface area contributed by atoms with Gasteiger partial charge in [-0.3, -0.25) is 0 Å². The van der Waals surface area contributed by atoms with Crippen LogP contribution in [0.2, 0.25) is 0 Å². The number of aromatic amines is 1. The Bertz CT molecular complexity index is 263. The molecule has 1 N–H and O–H groups in total. The molecule has 66 valence electrons. The van der Waals surface area contributed by atoms with Crippen molar-refractivity contribution >= 4 is 28.6 Å². The summed E-state index contributed by atoms with van der Waals surface area (Å²) in [6.07, 6.45) is 1.62. The van der Waals surface area contributed by atoms with Gasteiger partial charge in [-0.2, -0.15) is 0 Å². The van der Waals surface area contributed by atoms with Gasteiger partial charge < -0.3 is 17.1 Å². The number of hydrogen-bond donors (Lipinski definition) is 0. The first-order valence-corrected chi connectivity index (χ1v) is 4.07. The number of halogens is 2. The molecule has 0 radical (unpaired) electrons. The van der Waals surface area contributed by atoms with E-state index in [2.05, 4.69) is 32.3 Å². The number of methoxy groups -OCH3 is 1. The normalized spacial score (nSPS) is 8.50. The van der Waals surface area contributed by atoms with Gasteiger partial charge in [-0.05, 0) is 6.07 Å². The number of hydrogen-bond acceptors (Lipinski definition) is 2. The highest BCUT2D eigenvalue weighted by atomic mass is 127. The molecule has 0 unspecified atom stereocenters. The summed E-state index contributed by atoms with van der Waals surface area (Å²) in [6, 6.07) is 3.52. The smallest absolute Gasteiger partial charge is 0.343 e. The largest absolute Gasteiger partial charge is 1.00 e. The molecule has 0 amide bonds. The molecule has 0 bridgehead atoms. The molecule has 3 nitrogen and oxygen atoms in total. The first-order chi connectivity index (χ1) is 5.24. The SMILES string of the molecule is COC(=O)c1ccc(I)[nH+]c1.[Cl-]. The average molecular weight is 299 g/mol. The third-order valence-electron chi connectivity index (χ3n) is 1.20. The van der Waals surface area contributed by atoms with Crippen molar-refractivity contribution in [3.8, 4) is 0 Å². The van der Waals surface area contributed by atoms with Gasteiger partial charge in [0.15, 0.2) is 6.20 Å². The molecule has 0 aliphatic heterocycles. The van der Waals surface area contributed by atoms with E-state index < -0.39 is 0 Å². The Labute approximate surface area is 90.1 Å². The summed E-state index contributed by atoms with van der Waals surface area (Å²) in [5.41, 5.74) is 0.535. The lowest BCUT2D eigenvalue weighted by Gasteiger charge is -1.93. The lowest BCUT2D eigenvalue weighted by molar-refractivity contribution is -0.394. The maximum absolute atomic E-state index is 10.9. The van der Waals surface area contributed by atoms with E-state index in [9.17, 15) is 4.79 Å². The van der Waals surface area contributed by atoms with E-state index in [0.717, 1.165) is 3.70 Å². The second kappa shape index (κ2) is 5.31. The average Bonchev–Trinajstić information content (AvgIpc) is 2.05. The van der Waals surface area contributed by atoms with Gasteiger partial charge in [-0.15, -0.1) is 0 Å². The summed E-state index contributed by atoms with van der Waals surface area (Å²) < 4.78 is 5.50. The molecule has 5 heteroatoms. The summed E-state index contributed by atoms with van der Waals surface area (Å²) in [6.45, 7) is 0. The van der Waals surface area contributed by atoms with Gasteiger partial charge in [0.2, 0.25) is 3.70 Å². The van der Waals surface area contributed by atoms with Crippen LogP contribution in [0.4, 0.5) is 0 Å². The number of aromatic nitrogens is 1. The standard InChI is InChI=1S/C7H6INO2.ClH/c1-11-7(10)5-2-3-6(8)9-4-5;/h2-4H,1H3;1H. The highest BCUT2D eigenvalue weighted by Gasteiger charge is 2.07. The fourth-order valence-corrected chi connectivity index (χ4v) is 0.986. The molecule has 1 heterocycles. The second-order valence-electron chi connectivity index (χ2n) is 1.92. The van der Waals surface area contributed by atoms with Crippen molar-refractivity contribution in [1.29, 1.82) is 0 Å². The highest BCUT2D eigenvalue weighted by molar-refractivity contribution is 14.1. The van der Waals surface area contributed by atoms with Gasteiger partial charge in [-0.25, -0.2) is 9.78 Å². The fraction of sp³-hybridized carbons (Fsp3) is 0.143. The summed E-state index contributed by atoms with van der Waals surface area (Å²) in [5.74, 6) is -0.322. The van der Waals surface area contributed by atoms with Crippen LogP contribution in [-0.2, 0) is 4.74 Å². The Morgan fingerprint density at radius 2 is 2.25 bits per heavy atom. The Hall–Kier alpha value is -0.360. The summed E-state index contributed by atoms with van der Waals surface area (Å²) in [5, 5.41) is 0. The molecule has 0 aliphatic rings. The predicted octanol–water partition coefficient (Wildman–Crippen LogP) is -2.10. The first kappa shape index (κ1) is 11.6. The molecule has 1 aromatic heterocycles. The molecule has 0 saturated heterocycles. The summed E-state index contributed by atoms with van der Waals surface area (Å²) in [4.78, 5) is 13.8. The topological polar surface area (TPSA) is 40.4 Å². The zero-order valence-electron chi connectivity index (χ0n) is 6.30. The highest BCUT2D eigenvalue weighted by Crippen LogP contribution is 1.99. The van der Waals surface area contributed by atoms with Crippen molar-refractivity contribution in [2.75, 3.05) is 7.11 Å². The Balaban J connectivity index is 0.00000121. The van der Waals surface area contributed by atoms with E-state index in [0.29, 0.717) is 5.56 Å². The van der Waals surface area contributed by atoms with E-state index in [1.807, 2.05) is 6.07 Å². The minimum Gasteiger partial charge on any atom is -1.00 e. The minimum atomic E-state index is -0.322. The van der Waals surface area contributed by atoms with Gasteiger partial charge in [-0.1, -0.05) is 0 Å². The lowest BCUT2D eigenvalue weighted by Crippen LogP contribution is -3.00. The van der Waals surface area contributed by atoms with Crippen LogP contribution in [0.5, 0.6) is 0 Å². The third-order valence-corrected chi connectivity index (χ3v) is 1.87. The third kappa shape index (κ3) is 2.94. The van der Waals surface area contributed by atoms with Crippen LogP contribution in [0.1, 0.15) is 10.4 Å². The van der Waals surface area contributed by atoms with Gasteiger partial charge in [0.1, 0.15) is 5.56 Å². The zero-order chi connectivity index (χ0) is 8.27. The van der Waals surface area contributed by atoms with Gasteiger partial charge >= 0.3 is 5.97 Å². The molecule has 0 aromatic carbocycles. The number of esters is 1. The number of ether oxygens (including phenoxy) is 1. The van der Waals surface area contributed by atoms with Gasteiger partial charge in [0.25, 0.3) is 0 Å². The number of carbonyl (C=O) groups excluding carboxylic acids is 1. The summed E-state index contributed by atoms with van der Waals surface area (Å²) >= 11 is 2.12. The van der Waals surface area contributed by atoms with Crippen molar-refractivity contribution in [3.63, 3.8) is 0 Å². The zero-order valence-corrected chi connectivity index (χ0v) is 9.22. The van der Waals surface area contributed by atoms with Gasteiger partial charge in [0, 0.05) is 28.7 Å². The maximum atomic E-state index is 10.9. The molecular formula is C7H7ClINO2. The van der Waals surface area contributed by atoms with Crippen LogP contribution in [0.15, 0.2) is 18.3 Å². The van der Waals surface area contributed by atoms with Crippen LogP contribution in [0, 0.1) is 3.70 Å². The number of pyridine rings is 1. The van der Waals surface area contributed by atoms with Crippen LogP contribution in [-0.4, -0.2) is 13.1 Å². The quantitative estimate of drug-likeness (QED) is 0.338. The molecule has 0 saturated carbocycles. The van der Waals surface area contributed by atoms with Crippen LogP contribution in [0.25, 0.3) is 0 Å². The molecule has 12 heavy (non-hydrogen) atoms. The number of H-pyrrole nitrogens is 1. The van der Waals surface area contributed by atoms with E-state index in [-0.39, 0.29) is 18.4 Å². The number of nitrogens with one attached hydrogen (secondary N) is 1. The van der Waals surface area contributed by atoms with Crippen molar-refractivity contribution in [2.45, 2.75) is 0 Å². The predicted molar refractivity (Wildman–Crippen MR) is 47.1 cm³/mol. The molecular weight excluding hydrogens is 292 g/mol. The van der Waals surface area contributed by atoms with Crippen LogP contribution >= 0.6 is 22.6 Å². The Kier molecular flexibility index (Phi) is 5.16. The van der Waals surface area contributed by atoms with E-state index in [4.69, 9.17) is 0 Å². The van der Waals surface area contributed by atoms with Crippen molar-refractivity contribution in [2.24, 2.45) is 0 Å². The molecule has 1 rings (SSSR count). The Morgan fingerprint density at radius 3 is 2.67 bits per heavy atom. The molecule has 0 atom stereocenters. The second-order valence-corrected chi connectivity index (χ2v) is 3.08. The maximum Gasteiger partial charge on any atom is 0.343 e. The van der Waals surface area contributed by atoms with Crippen molar-refractivity contribution < 1.29 is 26.9 Å². The van der Waals surface area contributed by atoms with E-state index in [1.165, 1.54) is 7.11 Å². The van der Waals surface area contributed by atoms with Crippen LogP contribution < -0.4 is 17.4 Å². The Morgan fingerprint density at radius 1 is 1.58 bits per heavy atom. The number of rotatable bonds is 1. The van der Waals surface area contributed by atoms with Crippen LogP contribution in [0.3, 0.4) is 0 Å². The number of carbonyl (C=O) groups is 1. The van der Waals surface area contributed by atoms with E-state index >= 15 is 0 Å². The van der Waals surface area contributed by atoms with E-state index in [1.54, 1.807) is 12.3 Å². The van der Waals surface area contributed by atoms with Gasteiger partial charge in [0.05, 0.1) is 7.11 Å². The van der Waals surface area contributed by atoms with Crippen molar-refractivity contribution in [1.82, 2.24) is 0 Å². The lowest BCUT2D eigenvalue weighted by atomic mass is 10.3. The summed E-state index contributed by atoms with van der Waals surface area (Å²) in [7, 11) is 1.36. The minimum absolute atomic E-state index is 0. The molecule has 1 aromatic rings. The fourth-order valence-electron chi connectivity index (χ4n) is 0.651.